The van der Waals surface area contributed by atoms with Gasteiger partial charge in [-0.3, -0.25) is 8.97 Å². The van der Waals surface area contributed by atoms with Crippen molar-refractivity contribution in [2.75, 3.05) is 6.93 Å². The van der Waals surface area contributed by atoms with Gasteiger partial charge in [-0.05, 0) is 37.6 Å². The fourth-order valence-corrected chi connectivity index (χ4v) is 2.59. The number of halogens is 4. The van der Waals surface area contributed by atoms with E-state index in [-0.39, 0.29) is 0 Å². The Kier molecular flexibility index (Phi) is 5.43. The van der Waals surface area contributed by atoms with Crippen LogP contribution >= 0.6 is 23.8 Å². The van der Waals surface area contributed by atoms with Crippen LogP contribution in [0.1, 0.15) is 11.3 Å². The summed E-state index contributed by atoms with van der Waals surface area (Å²) in [5.74, 6) is 0.0381. The molecule has 8 heteroatoms. The molecule has 2 heterocycles. The summed E-state index contributed by atoms with van der Waals surface area (Å²) in [6, 6.07) is 6.86. The van der Waals surface area contributed by atoms with Crippen LogP contribution in [0.2, 0.25) is 5.02 Å². The van der Waals surface area contributed by atoms with Crippen molar-refractivity contribution in [2.45, 2.75) is 13.8 Å². The van der Waals surface area contributed by atoms with E-state index in [1.165, 1.54) is 10.5 Å². The van der Waals surface area contributed by atoms with Crippen LogP contribution in [0.5, 0.6) is 0 Å². The minimum Gasteiger partial charge on any atom is -0.270 e. The molecule has 0 unspecified atom stereocenters. The van der Waals surface area contributed by atoms with Crippen molar-refractivity contribution in [1.82, 2.24) is 14.0 Å². The van der Waals surface area contributed by atoms with E-state index in [4.69, 9.17) is 23.8 Å². The molecule has 0 aliphatic rings. The Labute approximate surface area is 141 Å². The Hall–Kier alpha value is -1.86. The second-order valence-electron chi connectivity index (χ2n) is 4.71. The molecule has 3 nitrogen and oxygen atoms in total. The molecule has 0 aliphatic heterocycles. The Morgan fingerprint density at radius 2 is 1.87 bits per heavy atom. The average molecular weight is 360 g/mol. The molecule has 0 amide bonds. The van der Waals surface area contributed by atoms with Gasteiger partial charge < -0.3 is 0 Å². The Bertz CT molecular complexity index is 905. The number of hydrogen-bond acceptors (Lipinski definition) is 2. The fraction of sp³-hybridized carbons (Fsp3) is 0.200. The number of imidazole rings is 1. The van der Waals surface area contributed by atoms with Crippen molar-refractivity contribution >= 4 is 29.6 Å². The van der Waals surface area contributed by atoms with Crippen LogP contribution in [0, 0.1) is 24.4 Å². The first-order valence-electron chi connectivity index (χ1n) is 6.54. The highest BCUT2D eigenvalue weighted by Crippen LogP contribution is 2.22. The predicted molar refractivity (Wildman–Crippen MR) is 86.9 cm³/mol. The largest absolute Gasteiger partial charge is 0.270 e. The summed E-state index contributed by atoms with van der Waals surface area (Å²) < 4.78 is 36.8. The number of alkyl halides is 2. The van der Waals surface area contributed by atoms with Gasteiger partial charge >= 0.3 is 0 Å². The first-order chi connectivity index (χ1) is 10.9. The highest BCUT2D eigenvalue weighted by molar-refractivity contribution is 7.71. The molecule has 0 radical (unpaired) electrons. The maximum absolute atomic E-state index is 14.0. The van der Waals surface area contributed by atoms with Crippen molar-refractivity contribution in [1.29, 1.82) is 0 Å². The Morgan fingerprint density at radius 3 is 2.48 bits per heavy atom. The van der Waals surface area contributed by atoms with Crippen molar-refractivity contribution in [2.24, 2.45) is 0 Å². The van der Waals surface area contributed by atoms with Crippen LogP contribution in [0.15, 0.2) is 30.5 Å². The number of rotatable bonds is 1. The molecule has 0 aliphatic carbocycles. The van der Waals surface area contributed by atoms with Gasteiger partial charge in [-0.15, -0.1) is 0 Å². The molecule has 0 atom stereocenters. The Morgan fingerprint density at radius 1 is 1.22 bits per heavy atom. The van der Waals surface area contributed by atoms with Gasteiger partial charge in [0.25, 0.3) is 0 Å². The van der Waals surface area contributed by atoms with Crippen LogP contribution < -0.4 is 0 Å². The van der Waals surface area contributed by atoms with Gasteiger partial charge in [-0.2, -0.15) is 4.39 Å². The summed E-state index contributed by atoms with van der Waals surface area (Å²) in [5, 5.41) is 0.679. The zero-order chi connectivity index (χ0) is 17.1. The maximum atomic E-state index is 14.0. The van der Waals surface area contributed by atoms with E-state index in [9.17, 15) is 13.2 Å². The number of aromatic nitrogens is 3. The molecular formula is C15H13ClF3N3S. The normalized spacial score (nSPS) is 10.5. The molecule has 3 rings (SSSR count). The van der Waals surface area contributed by atoms with Crippen molar-refractivity contribution in [3.63, 3.8) is 0 Å². The molecule has 23 heavy (non-hydrogen) atoms. The molecule has 2 aromatic heterocycles. The summed E-state index contributed by atoms with van der Waals surface area (Å²) in [6.45, 7) is 1.95. The highest BCUT2D eigenvalue weighted by atomic mass is 35.5. The topological polar surface area (TPSA) is 22.2 Å². The fourth-order valence-electron chi connectivity index (χ4n) is 2.19. The first kappa shape index (κ1) is 17.5. The van der Waals surface area contributed by atoms with E-state index in [0.29, 0.717) is 21.1 Å². The first-order valence-corrected chi connectivity index (χ1v) is 7.33. The van der Waals surface area contributed by atoms with E-state index < -0.39 is 12.9 Å². The lowest BCUT2D eigenvalue weighted by Crippen LogP contribution is -2.07. The predicted octanol–water partition coefficient (Wildman–Crippen LogP) is 5.15. The monoisotopic (exact) mass is 359 g/mol. The SMILES string of the molecule is Cc1cc(-n2c(=S)cc(F)n3c(C)cnc23)ccc1Cl.FCF. The zero-order valence-corrected chi connectivity index (χ0v) is 13.9. The Balaban J connectivity index is 0.000000595. The molecular weight excluding hydrogens is 347 g/mol. The van der Waals surface area contributed by atoms with Gasteiger partial charge in [-0.25, -0.2) is 13.8 Å². The summed E-state index contributed by atoms with van der Waals surface area (Å²) in [5.41, 5.74) is 2.45. The molecule has 0 N–H and O–H groups in total. The van der Waals surface area contributed by atoms with Crippen LogP contribution in [0.4, 0.5) is 13.2 Å². The van der Waals surface area contributed by atoms with Crippen molar-refractivity contribution in [3.8, 4) is 5.69 Å². The van der Waals surface area contributed by atoms with Crippen molar-refractivity contribution in [3.05, 3.63) is 57.3 Å². The smallest absolute Gasteiger partial charge is 0.229 e. The van der Waals surface area contributed by atoms with Gasteiger partial charge in [0.2, 0.25) is 18.7 Å². The summed E-state index contributed by atoms with van der Waals surface area (Å²) >= 11 is 11.3. The summed E-state index contributed by atoms with van der Waals surface area (Å²) in [6.07, 6.45) is 1.62. The van der Waals surface area contributed by atoms with Crippen LogP contribution in [-0.2, 0) is 0 Å². The number of aryl methyl sites for hydroxylation is 2. The molecule has 3 aromatic rings. The lowest BCUT2D eigenvalue weighted by molar-refractivity contribution is 0.295. The molecule has 0 bridgehead atoms. The highest BCUT2D eigenvalue weighted by Gasteiger charge is 2.12. The van der Waals surface area contributed by atoms with Gasteiger partial charge in [0.15, 0.2) is 0 Å². The standard InChI is InChI=1S/C14H11ClFN3S.CH2F2/c1-8-5-10(3-4-11(8)15)19-13(20)6-12(16)18-9(2)7-17-14(18)19;2-1-3/h3-7H,1-2H3;1H2. The number of fused-ring (bicyclic) bond motifs is 1. The van der Waals surface area contributed by atoms with E-state index in [1.54, 1.807) is 23.8 Å². The van der Waals surface area contributed by atoms with Gasteiger partial charge in [0.05, 0.1) is 11.9 Å². The lowest BCUT2D eigenvalue weighted by Gasteiger charge is -2.11. The number of hydrogen-bond donors (Lipinski definition) is 0. The molecule has 1 aromatic carbocycles. The van der Waals surface area contributed by atoms with E-state index in [0.717, 1.165) is 11.3 Å². The minimum atomic E-state index is -1.75. The van der Waals surface area contributed by atoms with Crippen LogP contribution in [0.3, 0.4) is 0 Å². The second-order valence-corrected chi connectivity index (χ2v) is 5.54. The third-order valence-corrected chi connectivity index (χ3v) is 3.92. The summed E-state index contributed by atoms with van der Waals surface area (Å²) in [7, 11) is 0. The molecule has 0 saturated carbocycles. The van der Waals surface area contributed by atoms with Crippen LogP contribution in [0.25, 0.3) is 11.5 Å². The summed E-state index contributed by atoms with van der Waals surface area (Å²) in [4.78, 5) is 4.25. The van der Waals surface area contributed by atoms with Crippen molar-refractivity contribution < 1.29 is 13.2 Å². The number of benzene rings is 1. The quantitative estimate of drug-likeness (QED) is 0.443. The molecule has 0 spiro atoms. The molecule has 122 valence electrons. The maximum Gasteiger partial charge on any atom is 0.229 e. The average Bonchev–Trinajstić information content (AvgIpc) is 2.86. The van der Waals surface area contributed by atoms with Gasteiger partial charge in [-0.1, -0.05) is 23.8 Å². The van der Waals surface area contributed by atoms with Crippen LogP contribution in [-0.4, -0.2) is 20.9 Å². The minimum absolute atomic E-state index is 0.363. The van der Waals surface area contributed by atoms with E-state index >= 15 is 0 Å². The third-order valence-electron chi connectivity index (χ3n) is 3.20. The third kappa shape index (κ3) is 3.40. The van der Waals surface area contributed by atoms with E-state index in [2.05, 4.69) is 4.98 Å². The molecule has 0 fully saturated rings. The van der Waals surface area contributed by atoms with Gasteiger partial charge in [0, 0.05) is 16.8 Å². The lowest BCUT2D eigenvalue weighted by atomic mass is 10.2. The number of nitrogens with zero attached hydrogens (tertiary/aromatic N) is 3. The second kappa shape index (κ2) is 7.14. The van der Waals surface area contributed by atoms with E-state index in [1.807, 2.05) is 19.1 Å². The molecule has 0 saturated heterocycles. The zero-order valence-electron chi connectivity index (χ0n) is 12.4. The van der Waals surface area contributed by atoms with Gasteiger partial charge in [0.1, 0.15) is 4.64 Å².